The third-order valence-corrected chi connectivity index (χ3v) is 15.1. The minimum Gasteiger partial charge on any atom is -0.390 e. The molecule has 9 rings (SSSR count). The molecular formula is C58H69Br5ClN14O4P. The Morgan fingerprint density at radius 3 is 1.10 bits per heavy atom. The molecule has 0 aliphatic heterocycles. The van der Waals surface area contributed by atoms with Crippen LogP contribution in [0.3, 0.4) is 0 Å². The van der Waals surface area contributed by atoms with Crippen molar-refractivity contribution in [2.45, 2.75) is 93.6 Å². The number of nitrogens with zero attached hydrogens (tertiary/aromatic N) is 10. The van der Waals surface area contributed by atoms with Gasteiger partial charge in [-0.2, -0.15) is 15.8 Å². The normalized spacial score (nSPS) is 10.3. The third-order valence-electron chi connectivity index (χ3n) is 12.1. The van der Waals surface area contributed by atoms with E-state index in [1.54, 1.807) is 0 Å². The molecule has 6 aromatic heterocycles. The molecule has 0 aliphatic rings. The smallest absolute Gasteiger partial charge is 0.276 e. The molecule has 3 aromatic carbocycles. The monoisotopic (exact) mass is 1490 g/mol. The van der Waals surface area contributed by atoms with E-state index in [0.717, 1.165) is 24.1 Å². The molecule has 0 spiro atoms. The third kappa shape index (κ3) is 20.9. The van der Waals surface area contributed by atoms with Gasteiger partial charge in [0.15, 0.2) is 18.0 Å². The van der Waals surface area contributed by atoms with Crippen molar-refractivity contribution in [3.05, 3.63) is 191 Å². The van der Waals surface area contributed by atoms with Gasteiger partial charge in [-0.1, -0.05) is 162 Å². The van der Waals surface area contributed by atoms with Crippen LogP contribution >= 0.6 is 100.0 Å². The maximum absolute atomic E-state index is 12.2. The first kappa shape index (κ1) is 73.5. The molecule has 0 radical (unpaired) electrons. The van der Waals surface area contributed by atoms with Crippen molar-refractivity contribution < 1.29 is 5.11 Å². The van der Waals surface area contributed by atoms with Crippen molar-refractivity contribution in [1.29, 1.82) is 15.8 Å². The molecule has 0 bridgehead atoms. The summed E-state index contributed by atoms with van der Waals surface area (Å²) in [5, 5.41) is 48.6. The number of fused-ring (bicyclic) bond motifs is 3. The summed E-state index contributed by atoms with van der Waals surface area (Å²) in [6.45, 7) is 17.5. The van der Waals surface area contributed by atoms with E-state index in [2.05, 4.69) is 232 Å². The molecule has 0 amide bonds. The number of hydrogen-bond donors (Lipinski definition) is 5. The first-order valence-electron chi connectivity index (χ1n) is 26.2. The summed E-state index contributed by atoms with van der Waals surface area (Å²) in [6, 6.07) is 38.3. The molecule has 0 saturated heterocycles. The van der Waals surface area contributed by atoms with Gasteiger partial charge in [0, 0.05) is 40.6 Å². The first-order valence-corrected chi connectivity index (χ1v) is 31.8. The van der Waals surface area contributed by atoms with Crippen LogP contribution in [0.5, 0.6) is 0 Å². The number of halogens is 6. The second-order valence-corrected chi connectivity index (χ2v) is 30.8. The Labute approximate surface area is 533 Å². The van der Waals surface area contributed by atoms with Gasteiger partial charge >= 0.3 is 0 Å². The molecule has 25 heteroatoms. The number of rotatable bonds is 13. The fourth-order valence-corrected chi connectivity index (χ4v) is 10.9. The van der Waals surface area contributed by atoms with Gasteiger partial charge in [-0.25, -0.2) is 28.5 Å². The molecule has 9 aromatic rings. The molecule has 0 saturated carbocycles. The highest BCUT2D eigenvalue weighted by molar-refractivity contribution is 9.52. The van der Waals surface area contributed by atoms with E-state index in [9.17, 15) is 14.4 Å². The van der Waals surface area contributed by atoms with Gasteiger partial charge < -0.3 is 15.7 Å². The number of H-pyrrole nitrogens is 3. The molecule has 18 nitrogen and oxygen atoms in total. The number of aliphatic hydroxyl groups excluding tert-OH is 1. The lowest BCUT2D eigenvalue weighted by Crippen LogP contribution is -2.22. The lowest BCUT2D eigenvalue weighted by atomic mass is 10.1. The number of aromatic nitrogens is 9. The average molecular weight is 1490 g/mol. The minimum atomic E-state index is -0.446. The van der Waals surface area contributed by atoms with Gasteiger partial charge in [0.25, 0.3) is 16.7 Å². The molecule has 83 heavy (non-hydrogen) atoms. The van der Waals surface area contributed by atoms with Crippen LogP contribution < -0.4 is 38.3 Å². The highest BCUT2D eigenvalue weighted by Crippen LogP contribution is 2.39. The lowest BCUT2D eigenvalue weighted by Gasteiger charge is -2.18. The van der Waals surface area contributed by atoms with Crippen LogP contribution in [0.15, 0.2) is 124 Å². The second-order valence-electron chi connectivity index (χ2n) is 16.9. The summed E-state index contributed by atoms with van der Waals surface area (Å²) in [6.07, 6.45) is 7.89. The van der Waals surface area contributed by atoms with E-state index in [1.807, 2.05) is 45.9 Å². The van der Waals surface area contributed by atoms with Crippen LogP contribution in [-0.4, -0.2) is 81.5 Å². The number of nitriles is 3. The zero-order chi connectivity index (χ0) is 60.9. The highest BCUT2D eigenvalue weighted by atomic mass is 80.0. The number of nitrogens with one attached hydrogen (secondary N) is 3. The standard InChI is InChI=1S/C18H15P.C12H14N4O.C10H9BrN4O.C10H10N4O2.C6H15N.CBr4.CH5N.ClH/c1-4-10-16(11-5-1)19(17-12-6-2-7-13-17)18-14-8-3-9-15-18;1-3-5-10-9(4-2)12(17)16-11(15-10)8(6-13)7-14-16;1-2-7-8(3-11)14-9-6(4-12)5-13-15(9)10(7)16;1-2-7-8(5-15)13-9-6(3-11)4-12-14(9)10(7)16;1-4-7(5-2)6-3;2-1(3,4)5;1-2;/h1-15H;7,14H,3-5H2,1-2H3;5,13H,2-3H2,1H3;4,12,15H,2,5H2,1H3;4-6H2,1-3H3;;2H2,1H3;1H. The molecular weight excluding hydrogens is 1420 g/mol. The highest BCUT2D eigenvalue weighted by Gasteiger charge is 2.18. The van der Waals surface area contributed by atoms with Crippen molar-refractivity contribution >= 4 is 133 Å². The molecule has 6 N–H and O–H groups in total. The predicted molar refractivity (Wildman–Crippen MR) is 357 cm³/mol. The quantitative estimate of drug-likeness (QED) is 0.0533. The zero-order valence-corrected chi connectivity index (χ0v) is 57.1. The molecule has 0 atom stereocenters. The van der Waals surface area contributed by atoms with E-state index in [4.69, 9.17) is 20.9 Å². The first-order chi connectivity index (χ1) is 39.5. The molecule has 0 fully saturated rings. The van der Waals surface area contributed by atoms with Crippen LogP contribution in [0.1, 0.15) is 105 Å². The SMILES string of the molecule is BrC(Br)(Br)Br.CCCc1nc2c(C#N)c[nH]n2c(=O)c1CC.CCN(CC)CC.CCc1c(CBr)nc2c(C#N)c[nH]n2c1=O.CCc1c(CO)nc2c(C#N)c[nH]n2c1=O.CN.Cl.c1ccc(P(c2ccccc2)c2ccccc2)cc1. The van der Waals surface area contributed by atoms with Crippen molar-refractivity contribution in [3.8, 4) is 18.2 Å². The van der Waals surface area contributed by atoms with Crippen molar-refractivity contribution in [3.63, 3.8) is 0 Å². The number of hydrogen-bond acceptors (Lipinski definition) is 12. The summed E-state index contributed by atoms with van der Waals surface area (Å²) in [4.78, 5) is 51.4. The Morgan fingerprint density at radius 2 is 0.843 bits per heavy atom. The molecule has 6 heterocycles. The lowest BCUT2D eigenvalue weighted by molar-refractivity contribution is 0.275. The number of benzene rings is 3. The topological polar surface area (TPSA) is 271 Å². The Hall–Kier alpha value is -5.61. The zero-order valence-electron chi connectivity index (χ0n) is 47.4. The average Bonchev–Trinajstić information content (AvgIpc) is 4.47. The van der Waals surface area contributed by atoms with Crippen molar-refractivity contribution in [1.82, 2.24) is 48.7 Å². The van der Waals surface area contributed by atoms with Crippen LogP contribution in [-0.2, 0) is 37.6 Å². The van der Waals surface area contributed by atoms with E-state index in [1.165, 1.54) is 74.7 Å². The van der Waals surface area contributed by atoms with Gasteiger partial charge in [0.1, 0.15) is 34.9 Å². The summed E-state index contributed by atoms with van der Waals surface area (Å²) >= 11 is 15.8. The maximum Gasteiger partial charge on any atom is 0.276 e. The van der Waals surface area contributed by atoms with Crippen LogP contribution in [0.2, 0.25) is 0 Å². The van der Waals surface area contributed by atoms with Crippen LogP contribution in [0.25, 0.3) is 16.9 Å². The molecule has 0 aliphatic carbocycles. The van der Waals surface area contributed by atoms with E-state index in [0.29, 0.717) is 69.5 Å². The minimum absolute atomic E-state index is 0. The van der Waals surface area contributed by atoms with Gasteiger partial charge in [0.2, 0.25) is 0 Å². The fraction of sp³-hybridized carbons (Fsp3) is 0.328. The number of aryl methyl sites for hydroxylation is 1. The van der Waals surface area contributed by atoms with Crippen molar-refractivity contribution in [2.24, 2.45) is 5.73 Å². The number of nitrogens with two attached hydrogens (primary N) is 1. The number of aliphatic hydroxyl groups is 1. The van der Waals surface area contributed by atoms with E-state index in [-0.39, 0.29) is 48.0 Å². The molecule has 442 valence electrons. The maximum atomic E-state index is 12.2. The van der Waals surface area contributed by atoms with Crippen LogP contribution in [0, 0.1) is 34.0 Å². The number of alkyl halides is 5. The number of aromatic amines is 3. The van der Waals surface area contributed by atoms with E-state index >= 15 is 0 Å². The summed E-state index contributed by atoms with van der Waals surface area (Å²) < 4.78 is 3.62. The Morgan fingerprint density at radius 1 is 0.554 bits per heavy atom. The summed E-state index contributed by atoms with van der Waals surface area (Å²) in [5.74, 6) is 0. The van der Waals surface area contributed by atoms with Gasteiger partial charge in [-0.05, 0) is 140 Å². The Kier molecular flexibility index (Phi) is 34.0. The fourth-order valence-electron chi connectivity index (χ4n) is 8.13. The summed E-state index contributed by atoms with van der Waals surface area (Å²) in [5.41, 5.74) is 9.86. The second kappa shape index (κ2) is 38.4. The Balaban J connectivity index is 0.000000350. The van der Waals surface area contributed by atoms with Gasteiger partial charge in [0.05, 0.1) is 23.7 Å². The van der Waals surface area contributed by atoms with Crippen LogP contribution in [0.4, 0.5) is 0 Å². The van der Waals surface area contributed by atoms with Gasteiger partial charge in [-0.3, -0.25) is 29.7 Å². The predicted octanol–water partition coefficient (Wildman–Crippen LogP) is 10.7. The van der Waals surface area contributed by atoms with Gasteiger partial charge in [-0.15, -0.1) is 12.4 Å². The van der Waals surface area contributed by atoms with Crippen molar-refractivity contribution in [2.75, 3.05) is 26.7 Å². The summed E-state index contributed by atoms with van der Waals surface area (Å²) in [7, 11) is 1.05. The molecule has 0 unspecified atom stereocenters. The van der Waals surface area contributed by atoms with E-state index < -0.39 is 7.92 Å². The Bertz CT molecular complexity index is 3490. The largest absolute Gasteiger partial charge is 0.390 e.